The van der Waals surface area contributed by atoms with Gasteiger partial charge in [0, 0.05) is 5.56 Å². The standard InChI is InChI=1S/C12H13N3O3/c1-8-3-4-11(18-2)9(5-8)7-15-13-6-10(14-15)12(16)17/h3-6H,7H2,1-2H3,(H,16,17). The van der Waals surface area contributed by atoms with Gasteiger partial charge in [-0.25, -0.2) is 4.79 Å². The van der Waals surface area contributed by atoms with Crippen LogP contribution in [-0.2, 0) is 6.54 Å². The van der Waals surface area contributed by atoms with E-state index in [-0.39, 0.29) is 5.69 Å². The molecule has 0 aliphatic rings. The smallest absolute Gasteiger partial charge is 0.358 e. The summed E-state index contributed by atoms with van der Waals surface area (Å²) in [6.07, 6.45) is 1.23. The Balaban J connectivity index is 2.27. The maximum Gasteiger partial charge on any atom is 0.358 e. The molecule has 2 rings (SSSR count). The molecular formula is C12H13N3O3. The summed E-state index contributed by atoms with van der Waals surface area (Å²) in [6.45, 7) is 2.35. The number of aryl methyl sites for hydroxylation is 1. The summed E-state index contributed by atoms with van der Waals surface area (Å²) in [7, 11) is 1.59. The van der Waals surface area contributed by atoms with Crippen LogP contribution in [-0.4, -0.2) is 33.2 Å². The van der Waals surface area contributed by atoms with E-state index in [0.717, 1.165) is 16.9 Å². The van der Waals surface area contributed by atoms with Crippen molar-refractivity contribution in [3.8, 4) is 5.75 Å². The van der Waals surface area contributed by atoms with E-state index in [4.69, 9.17) is 9.84 Å². The van der Waals surface area contributed by atoms with Gasteiger partial charge in [-0.2, -0.15) is 9.90 Å². The molecule has 0 saturated heterocycles. The molecule has 0 spiro atoms. The second kappa shape index (κ2) is 4.87. The minimum absolute atomic E-state index is 0.0679. The Morgan fingerprint density at radius 1 is 1.50 bits per heavy atom. The van der Waals surface area contributed by atoms with E-state index in [1.807, 2.05) is 25.1 Å². The normalized spacial score (nSPS) is 10.3. The molecule has 0 aliphatic carbocycles. The van der Waals surface area contributed by atoms with Crippen molar-refractivity contribution < 1.29 is 14.6 Å². The lowest BCUT2D eigenvalue weighted by molar-refractivity contribution is 0.0689. The zero-order valence-corrected chi connectivity index (χ0v) is 10.1. The second-order valence-electron chi connectivity index (χ2n) is 3.88. The quantitative estimate of drug-likeness (QED) is 0.882. The third kappa shape index (κ3) is 2.48. The summed E-state index contributed by atoms with van der Waals surface area (Å²) in [5.74, 6) is -0.354. The van der Waals surface area contributed by atoms with Crippen molar-refractivity contribution in [2.75, 3.05) is 7.11 Å². The fourth-order valence-corrected chi connectivity index (χ4v) is 1.65. The Morgan fingerprint density at radius 3 is 2.89 bits per heavy atom. The first-order chi connectivity index (χ1) is 8.60. The second-order valence-corrected chi connectivity index (χ2v) is 3.88. The fourth-order valence-electron chi connectivity index (χ4n) is 1.65. The van der Waals surface area contributed by atoms with E-state index in [1.54, 1.807) is 7.11 Å². The minimum Gasteiger partial charge on any atom is -0.496 e. The summed E-state index contributed by atoms with van der Waals surface area (Å²) in [5.41, 5.74) is 1.93. The Morgan fingerprint density at radius 2 is 2.28 bits per heavy atom. The van der Waals surface area contributed by atoms with Crippen LogP contribution in [0.4, 0.5) is 0 Å². The van der Waals surface area contributed by atoms with Gasteiger partial charge in [0.05, 0.1) is 19.9 Å². The van der Waals surface area contributed by atoms with Crippen LogP contribution >= 0.6 is 0 Å². The van der Waals surface area contributed by atoms with Crippen molar-refractivity contribution in [1.82, 2.24) is 15.0 Å². The molecular weight excluding hydrogens is 234 g/mol. The monoisotopic (exact) mass is 247 g/mol. The Labute approximate surface area is 104 Å². The topological polar surface area (TPSA) is 77.2 Å². The first-order valence-corrected chi connectivity index (χ1v) is 5.37. The van der Waals surface area contributed by atoms with E-state index in [1.165, 1.54) is 11.0 Å². The molecule has 1 heterocycles. The molecule has 2 aromatic rings. The highest BCUT2D eigenvalue weighted by Crippen LogP contribution is 2.20. The van der Waals surface area contributed by atoms with E-state index >= 15 is 0 Å². The summed E-state index contributed by atoms with van der Waals surface area (Å²) in [6, 6.07) is 5.77. The van der Waals surface area contributed by atoms with Crippen molar-refractivity contribution in [3.63, 3.8) is 0 Å². The molecule has 1 N–H and O–H groups in total. The third-order valence-corrected chi connectivity index (χ3v) is 2.50. The number of benzene rings is 1. The number of ether oxygens (including phenoxy) is 1. The average molecular weight is 247 g/mol. The van der Waals surface area contributed by atoms with Crippen molar-refractivity contribution >= 4 is 5.97 Å². The number of nitrogens with zero attached hydrogens (tertiary/aromatic N) is 3. The van der Waals surface area contributed by atoms with Gasteiger partial charge in [-0.3, -0.25) is 0 Å². The zero-order chi connectivity index (χ0) is 13.1. The van der Waals surface area contributed by atoms with Crippen molar-refractivity contribution in [1.29, 1.82) is 0 Å². The van der Waals surface area contributed by atoms with Gasteiger partial charge in [0.25, 0.3) is 0 Å². The maximum atomic E-state index is 10.7. The summed E-state index contributed by atoms with van der Waals surface area (Å²) < 4.78 is 5.24. The first kappa shape index (κ1) is 12.1. The molecule has 18 heavy (non-hydrogen) atoms. The highest BCUT2D eigenvalue weighted by atomic mass is 16.5. The zero-order valence-electron chi connectivity index (χ0n) is 10.1. The molecule has 0 atom stereocenters. The van der Waals surface area contributed by atoms with Gasteiger partial charge in [-0.15, -0.1) is 5.10 Å². The van der Waals surface area contributed by atoms with E-state index < -0.39 is 5.97 Å². The predicted octanol–water partition coefficient (Wildman–Crippen LogP) is 1.34. The lowest BCUT2D eigenvalue weighted by Crippen LogP contribution is -2.07. The van der Waals surface area contributed by atoms with Crippen LogP contribution in [0, 0.1) is 6.92 Å². The van der Waals surface area contributed by atoms with Gasteiger partial charge >= 0.3 is 5.97 Å². The molecule has 0 unspecified atom stereocenters. The van der Waals surface area contributed by atoms with Crippen LogP contribution in [0.5, 0.6) is 5.75 Å². The number of methoxy groups -OCH3 is 1. The summed E-state index contributed by atoms with van der Waals surface area (Å²) in [4.78, 5) is 12.0. The SMILES string of the molecule is COc1ccc(C)cc1Cn1ncc(C(=O)O)n1. The molecule has 0 radical (unpaired) electrons. The minimum atomic E-state index is -1.09. The predicted molar refractivity (Wildman–Crippen MR) is 63.8 cm³/mol. The van der Waals surface area contributed by atoms with E-state index in [9.17, 15) is 4.79 Å². The van der Waals surface area contributed by atoms with Crippen LogP contribution in [0.2, 0.25) is 0 Å². The van der Waals surface area contributed by atoms with Gasteiger partial charge < -0.3 is 9.84 Å². The average Bonchev–Trinajstić information content (AvgIpc) is 2.78. The largest absolute Gasteiger partial charge is 0.496 e. The van der Waals surface area contributed by atoms with Crippen molar-refractivity contribution in [2.24, 2.45) is 0 Å². The van der Waals surface area contributed by atoms with Gasteiger partial charge in [0.1, 0.15) is 5.75 Å². The Hall–Kier alpha value is -2.37. The fraction of sp³-hybridized carbons (Fsp3) is 0.250. The van der Waals surface area contributed by atoms with Crippen LogP contribution in [0.25, 0.3) is 0 Å². The first-order valence-electron chi connectivity index (χ1n) is 5.37. The van der Waals surface area contributed by atoms with Crippen LogP contribution < -0.4 is 4.74 Å². The van der Waals surface area contributed by atoms with Crippen LogP contribution in [0.1, 0.15) is 21.6 Å². The van der Waals surface area contributed by atoms with E-state index in [0.29, 0.717) is 6.54 Å². The number of aromatic nitrogens is 3. The number of carboxylic acids is 1. The number of hydrogen-bond acceptors (Lipinski definition) is 4. The summed E-state index contributed by atoms with van der Waals surface area (Å²) >= 11 is 0. The molecule has 0 fully saturated rings. The van der Waals surface area contributed by atoms with Gasteiger partial charge in [0.15, 0.2) is 5.69 Å². The molecule has 0 aliphatic heterocycles. The number of hydrogen-bond donors (Lipinski definition) is 1. The molecule has 6 nitrogen and oxygen atoms in total. The Bertz CT molecular complexity index is 578. The van der Waals surface area contributed by atoms with Crippen molar-refractivity contribution in [2.45, 2.75) is 13.5 Å². The van der Waals surface area contributed by atoms with Gasteiger partial charge in [-0.1, -0.05) is 17.7 Å². The maximum absolute atomic E-state index is 10.7. The van der Waals surface area contributed by atoms with Crippen LogP contribution in [0.15, 0.2) is 24.4 Å². The lowest BCUT2D eigenvalue weighted by atomic mass is 10.1. The van der Waals surface area contributed by atoms with E-state index in [2.05, 4.69) is 10.2 Å². The molecule has 0 bridgehead atoms. The highest BCUT2D eigenvalue weighted by molar-refractivity contribution is 5.84. The molecule has 0 saturated carbocycles. The molecule has 94 valence electrons. The third-order valence-electron chi connectivity index (χ3n) is 2.50. The highest BCUT2D eigenvalue weighted by Gasteiger charge is 2.10. The Kier molecular flexibility index (Phi) is 3.27. The number of aromatic carboxylic acids is 1. The molecule has 0 amide bonds. The van der Waals surface area contributed by atoms with Gasteiger partial charge in [-0.05, 0) is 13.0 Å². The molecule has 1 aromatic carbocycles. The van der Waals surface area contributed by atoms with Crippen molar-refractivity contribution in [3.05, 3.63) is 41.2 Å². The summed E-state index contributed by atoms with van der Waals surface area (Å²) in [5, 5.41) is 16.5. The molecule has 6 heteroatoms. The lowest BCUT2D eigenvalue weighted by Gasteiger charge is -2.08. The molecule has 1 aromatic heterocycles. The number of carbonyl (C=O) groups is 1. The van der Waals surface area contributed by atoms with Gasteiger partial charge in [0.2, 0.25) is 0 Å². The number of rotatable bonds is 4. The van der Waals surface area contributed by atoms with Crippen LogP contribution in [0.3, 0.4) is 0 Å². The number of carboxylic acid groups (broad SMARTS) is 1.